The molecule has 0 aromatic heterocycles. The molecule has 0 unspecified atom stereocenters. The first-order chi connectivity index (χ1) is 13.4. The maximum Gasteiger partial charge on any atom is 0.326 e. The molecule has 0 aliphatic carbocycles. The Morgan fingerprint density at radius 3 is 2.64 bits per heavy atom. The first kappa shape index (κ1) is 19.8. The molecule has 0 spiro atoms. The molecule has 0 bridgehead atoms. The molecule has 0 saturated carbocycles. The van der Waals surface area contributed by atoms with Crippen molar-refractivity contribution in [1.82, 2.24) is 5.32 Å². The normalized spacial score (nSPS) is 17.6. The van der Waals surface area contributed by atoms with Crippen LogP contribution in [-0.4, -0.2) is 23.0 Å². The third-order valence-electron chi connectivity index (χ3n) is 4.34. The van der Waals surface area contributed by atoms with Crippen LogP contribution in [0.1, 0.15) is 23.6 Å². The van der Waals surface area contributed by atoms with E-state index in [4.69, 9.17) is 28.7 Å². The second-order valence-corrected chi connectivity index (χ2v) is 7.12. The zero-order valence-corrected chi connectivity index (χ0v) is 15.9. The van der Waals surface area contributed by atoms with Crippen molar-refractivity contribution in [1.29, 1.82) is 0 Å². The van der Waals surface area contributed by atoms with Crippen LogP contribution in [0.15, 0.2) is 41.5 Å². The van der Waals surface area contributed by atoms with E-state index in [0.29, 0.717) is 27.0 Å². The number of amides is 1. The van der Waals surface area contributed by atoms with Crippen LogP contribution >= 0.6 is 23.2 Å². The highest BCUT2D eigenvalue weighted by molar-refractivity contribution is 6.35. The van der Waals surface area contributed by atoms with Gasteiger partial charge in [0, 0.05) is 38.3 Å². The zero-order valence-electron chi connectivity index (χ0n) is 14.4. The average molecular weight is 420 g/mol. The molecule has 1 aliphatic rings. The third kappa shape index (κ3) is 4.48. The highest BCUT2D eigenvalue weighted by Crippen LogP contribution is 2.39. The number of rotatable bonds is 5. The van der Waals surface area contributed by atoms with Crippen molar-refractivity contribution in [3.63, 3.8) is 0 Å². The Bertz CT molecular complexity index is 974. The number of carbonyl (C=O) groups is 2. The van der Waals surface area contributed by atoms with Crippen LogP contribution < -0.4 is 10.6 Å². The van der Waals surface area contributed by atoms with Crippen LogP contribution in [0.4, 0.5) is 11.4 Å². The van der Waals surface area contributed by atoms with Gasteiger partial charge in [-0.15, -0.1) is 0 Å². The second kappa shape index (κ2) is 8.39. The van der Waals surface area contributed by atoms with Crippen LogP contribution in [0.2, 0.25) is 10.0 Å². The van der Waals surface area contributed by atoms with Crippen LogP contribution in [0, 0.1) is 0 Å². The standard InChI is InChI=1S/C18H15Cl2N5O3/c19-10-6-12(20)17-13(7-10)22-15(18(27)28)8-14(17)23-16(26)5-9-1-3-11(4-2-9)24-25-21/h1-4,6-7,14-15,22H,5,8H2,(H,23,26)(H,27,28)/t14-,15+/m0/s1. The van der Waals surface area contributed by atoms with Gasteiger partial charge in [-0.1, -0.05) is 52.6 Å². The van der Waals surface area contributed by atoms with E-state index in [1.165, 1.54) is 0 Å². The highest BCUT2D eigenvalue weighted by Gasteiger charge is 2.33. The van der Waals surface area contributed by atoms with Crippen molar-refractivity contribution < 1.29 is 14.7 Å². The number of hydrogen-bond acceptors (Lipinski definition) is 4. The van der Waals surface area contributed by atoms with Gasteiger partial charge in [-0.25, -0.2) is 4.79 Å². The van der Waals surface area contributed by atoms with Gasteiger partial charge >= 0.3 is 5.97 Å². The maximum atomic E-state index is 12.5. The lowest BCUT2D eigenvalue weighted by atomic mass is 9.92. The predicted octanol–water partition coefficient (Wildman–Crippen LogP) is 4.60. The Labute approximate surface area is 170 Å². The van der Waals surface area contributed by atoms with Crippen LogP contribution in [0.3, 0.4) is 0 Å². The molecule has 0 saturated heterocycles. The minimum absolute atomic E-state index is 0.0821. The largest absolute Gasteiger partial charge is 0.480 e. The Kier molecular flexibility index (Phi) is 5.94. The van der Waals surface area contributed by atoms with E-state index in [0.717, 1.165) is 5.56 Å². The van der Waals surface area contributed by atoms with Gasteiger partial charge in [-0.2, -0.15) is 0 Å². The van der Waals surface area contributed by atoms with Gasteiger partial charge in [0.2, 0.25) is 5.91 Å². The van der Waals surface area contributed by atoms with Crippen molar-refractivity contribution in [3.05, 3.63) is 68.0 Å². The summed E-state index contributed by atoms with van der Waals surface area (Å²) in [4.78, 5) is 26.7. The maximum absolute atomic E-state index is 12.5. The molecule has 3 rings (SSSR count). The summed E-state index contributed by atoms with van der Waals surface area (Å²) in [6, 6.07) is 8.29. The van der Waals surface area contributed by atoms with Gasteiger partial charge in [-0.05, 0) is 23.2 Å². The number of benzene rings is 2. The quantitative estimate of drug-likeness (QED) is 0.371. The predicted molar refractivity (Wildman–Crippen MR) is 106 cm³/mol. The Hall–Kier alpha value is -2.93. The van der Waals surface area contributed by atoms with E-state index in [1.54, 1.807) is 36.4 Å². The Balaban J connectivity index is 1.79. The number of carboxylic acid groups (broad SMARTS) is 1. The molecule has 2 aromatic carbocycles. The number of anilines is 1. The molecule has 1 aliphatic heterocycles. The SMILES string of the molecule is [N-]=[N+]=Nc1ccc(CC(=O)N[C@H]2C[C@H](C(=O)O)Nc3cc(Cl)cc(Cl)c32)cc1. The van der Waals surface area contributed by atoms with Gasteiger partial charge in [0.05, 0.1) is 12.5 Å². The number of fused-ring (bicyclic) bond motifs is 1. The lowest BCUT2D eigenvalue weighted by Crippen LogP contribution is -2.41. The number of halogens is 2. The molecule has 0 radical (unpaired) electrons. The third-order valence-corrected chi connectivity index (χ3v) is 4.87. The van der Waals surface area contributed by atoms with Gasteiger partial charge in [0.15, 0.2) is 0 Å². The van der Waals surface area contributed by atoms with Crippen molar-refractivity contribution in [3.8, 4) is 0 Å². The van der Waals surface area contributed by atoms with Crippen LogP contribution in [-0.2, 0) is 16.0 Å². The number of azide groups is 1. The molecule has 8 nitrogen and oxygen atoms in total. The summed E-state index contributed by atoms with van der Waals surface area (Å²) in [6.07, 6.45) is 0.226. The first-order valence-corrected chi connectivity index (χ1v) is 9.04. The van der Waals surface area contributed by atoms with Gasteiger partial charge in [-0.3, -0.25) is 4.79 Å². The van der Waals surface area contributed by atoms with E-state index < -0.39 is 18.1 Å². The lowest BCUT2D eigenvalue weighted by molar-refractivity contribution is -0.138. The lowest BCUT2D eigenvalue weighted by Gasteiger charge is -2.32. The van der Waals surface area contributed by atoms with E-state index in [1.807, 2.05) is 0 Å². The molecule has 2 atom stereocenters. The minimum atomic E-state index is -1.03. The molecule has 10 heteroatoms. The summed E-state index contributed by atoms with van der Waals surface area (Å²) in [6.45, 7) is 0. The monoisotopic (exact) mass is 419 g/mol. The number of aliphatic carboxylic acids is 1. The number of carbonyl (C=O) groups excluding carboxylic acids is 1. The van der Waals surface area contributed by atoms with Crippen LogP contribution in [0.25, 0.3) is 10.4 Å². The number of carboxylic acids is 1. The summed E-state index contributed by atoms with van der Waals surface area (Å²) in [7, 11) is 0. The zero-order chi connectivity index (χ0) is 20.3. The van der Waals surface area contributed by atoms with Crippen LogP contribution in [0.5, 0.6) is 0 Å². The average Bonchev–Trinajstić information content (AvgIpc) is 2.62. The Morgan fingerprint density at radius 2 is 2.00 bits per heavy atom. The number of hydrogen-bond donors (Lipinski definition) is 3. The molecule has 144 valence electrons. The molecular formula is C18H15Cl2N5O3. The molecular weight excluding hydrogens is 405 g/mol. The molecule has 3 N–H and O–H groups in total. The van der Waals surface area contributed by atoms with E-state index >= 15 is 0 Å². The summed E-state index contributed by atoms with van der Waals surface area (Å²) >= 11 is 12.3. The highest BCUT2D eigenvalue weighted by atomic mass is 35.5. The fraction of sp³-hybridized carbons (Fsp3) is 0.222. The van der Waals surface area contributed by atoms with Crippen molar-refractivity contribution in [2.75, 3.05) is 5.32 Å². The smallest absolute Gasteiger partial charge is 0.326 e. The van der Waals surface area contributed by atoms with E-state index in [9.17, 15) is 14.7 Å². The molecule has 2 aromatic rings. The molecule has 28 heavy (non-hydrogen) atoms. The fourth-order valence-corrected chi connectivity index (χ4v) is 3.74. The summed E-state index contributed by atoms with van der Waals surface area (Å²) in [5.74, 6) is -1.32. The number of nitrogens with zero attached hydrogens (tertiary/aromatic N) is 3. The number of nitrogens with one attached hydrogen (secondary N) is 2. The van der Waals surface area contributed by atoms with Crippen molar-refractivity contribution in [2.45, 2.75) is 24.9 Å². The first-order valence-electron chi connectivity index (χ1n) is 8.29. The van der Waals surface area contributed by atoms with Gasteiger partial charge in [0.1, 0.15) is 6.04 Å². The molecule has 1 heterocycles. The van der Waals surface area contributed by atoms with Gasteiger partial charge < -0.3 is 15.7 Å². The Morgan fingerprint density at radius 1 is 1.29 bits per heavy atom. The molecule has 0 fully saturated rings. The minimum Gasteiger partial charge on any atom is -0.480 e. The van der Waals surface area contributed by atoms with E-state index in [2.05, 4.69) is 20.7 Å². The fourth-order valence-electron chi connectivity index (χ4n) is 3.12. The summed E-state index contributed by atoms with van der Waals surface area (Å²) in [5.41, 5.74) is 10.7. The van der Waals surface area contributed by atoms with Crippen molar-refractivity contribution in [2.24, 2.45) is 5.11 Å². The molecule has 1 amide bonds. The second-order valence-electron chi connectivity index (χ2n) is 6.27. The van der Waals surface area contributed by atoms with Crippen molar-refractivity contribution >= 4 is 46.5 Å². The summed E-state index contributed by atoms with van der Waals surface area (Å²) < 4.78 is 0. The van der Waals surface area contributed by atoms with E-state index in [-0.39, 0.29) is 18.7 Å². The topological polar surface area (TPSA) is 127 Å². The van der Waals surface area contributed by atoms with Gasteiger partial charge in [0.25, 0.3) is 0 Å². The summed E-state index contributed by atoms with van der Waals surface area (Å²) in [5, 5.41) is 19.3.